The molecule has 1 aromatic heterocycles. The first-order valence-corrected chi connectivity index (χ1v) is 10.1. The molecule has 2 aromatic carbocycles. The van der Waals surface area contributed by atoms with Crippen LogP contribution in [0.25, 0.3) is 10.8 Å². The Morgan fingerprint density at radius 2 is 1.77 bits per heavy atom. The quantitative estimate of drug-likeness (QED) is 0.708. The number of benzene rings is 2. The first kappa shape index (κ1) is 17.0. The summed E-state index contributed by atoms with van der Waals surface area (Å²) in [6.07, 6.45) is 4.80. The summed E-state index contributed by atoms with van der Waals surface area (Å²) in [6, 6.07) is 16.6. The van der Waals surface area contributed by atoms with Crippen LogP contribution in [0.5, 0.6) is 5.75 Å². The van der Waals surface area contributed by atoms with Crippen molar-refractivity contribution in [2.75, 3.05) is 13.1 Å². The number of piperidine rings is 1. The van der Waals surface area contributed by atoms with E-state index in [0.717, 1.165) is 29.4 Å². The molecule has 1 fully saturated rings. The third kappa shape index (κ3) is 3.30. The van der Waals surface area contributed by atoms with Crippen LogP contribution in [0.4, 0.5) is 0 Å². The summed E-state index contributed by atoms with van der Waals surface area (Å²) < 4.78 is 34.0. The number of ether oxygens (including phenoxy) is 1. The van der Waals surface area contributed by atoms with Crippen LogP contribution in [0.2, 0.25) is 0 Å². The SMILES string of the molecule is O=S(=O)(c1cccc2ccccc12)N1CCC[C@H](Oc2ccncc2)C1. The Morgan fingerprint density at radius 3 is 2.62 bits per heavy atom. The molecule has 1 saturated heterocycles. The van der Waals surface area contributed by atoms with Crippen LogP contribution in [-0.2, 0) is 10.0 Å². The fourth-order valence-electron chi connectivity index (χ4n) is 3.39. The standard InChI is InChI=1S/C20H20N2O3S/c23-26(24,20-9-3-6-16-5-1-2-8-19(16)20)22-14-4-7-18(15-22)25-17-10-12-21-13-11-17/h1-3,5-6,8-13,18H,4,7,14-15H2/t18-/m0/s1. The molecule has 26 heavy (non-hydrogen) atoms. The number of pyridine rings is 1. The lowest BCUT2D eigenvalue weighted by Crippen LogP contribution is -2.44. The summed E-state index contributed by atoms with van der Waals surface area (Å²) >= 11 is 0. The molecule has 0 saturated carbocycles. The van der Waals surface area contributed by atoms with Crippen molar-refractivity contribution < 1.29 is 13.2 Å². The number of aromatic nitrogens is 1. The summed E-state index contributed by atoms with van der Waals surface area (Å²) in [6.45, 7) is 0.871. The molecule has 2 heterocycles. The molecular formula is C20H20N2O3S. The second kappa shape index (κ2) is 7.05. The zero-order valence-electron chi connectivity index (χ0n) is 14.3. The Hall–Kier alpha value is -2.44. The summed E-state index contributed by atoms with van der Waals surface area (Å²) in [5.74, 6) is 0.717. The molecule has 134 valence electrons. The highest BCUT2D eigenvalue weighted by atomic mass is 32.2. The third-order valence-electron chi connectivity index (χ3n) is 4.66. The molecule has 0 amide bonds. The normalized spacial score (nSPS) is 18.7. The zero-order chi connectivity index (χ0) is 18.0. The highest BCUT2D eigenvalue weighted by Crippen LogP contribution is 2.28. The van der Waals surface area contributed by atoms with Crippen LogP contribution in [0.15, 0.2) is 71.9 Å². The van der Waals surface area contributed by atoms with Gasteiger partial charge in [0, 0.05) is 24.3 Å². The molecule has 1 aliphatic rings. The average Bonchev–Trinajstić information content (AvgIpc) is 2.68. The Morgan fingerprint density at radius 1 is 1.00 bits per heavy atom. The minimum atomic E-state index is -3.57. The van der Waals surface area contributed by atoms with Gasteiger partial charge in [0.2, 0.25) is 10.0 Å². The lowest BCUT2D eigenvalue weighted by atomic mass is 10.1. The van der Waals surface area contributed by atoms with Gasteiger partial charge in [0.1, 0.15) is 11.9 Å². The predicted octanol–water partition coefficient (Wildman–Crippen LogP) is 3.47. The van der Waals surface area contributed by atoms with Crippen LogP contribution in [-0.4, -0.2) is 36.9 Å². The Balaban J connectivity index is 1.61. The van der Waals surface area contributed by atoms with E-state index < -0.39 is 10.0 Å². The fraction of sp³-hybridized carbons (Fsp3) is 0.250. The van der Waals surface area contributed by atoms with Crippen molar-refractivity contribution in [2.24, 2.45) is 0 Å². The van der Waals surface area contributed by atoms with E-state index in [1.165, 1.54) is 0 Å². The van der Waals surface area contributed by atoms with E-state index in [4.69, 9.17) is 4.74 Å². The first-order valence-electron chi connectivity index (χ1n) is 8.69. The van der Waals surface area contributed by atoms with E-state index in [-0.39, 0.29) is 6.10 Å². The molecule has 6 heteroatoms. The molecule has 0 spiro atoms. The van der Waals surface area contributed by atoms with Gasteiger partial charge in [-0.1, -0.05) is 36.4 Å². The topological polar surface area (TPSA) is 59.5 Å². The summed E-state index contributed by atoms with van der Waals surface area (Å²) in [7, 11) is -3.57. The van der Waals surface area contributed by atoms with Crippen LogP contribution < -0.4 is 4.74 Å². The van der Waals surface area contributed by atoms with Crippen molar-refractivity contribution in [3.05, 3.63) is 67.0 Å². The molecule has 0 bridgehead atoms. The van der Waals surface area contributed by atoms with Crippen LogP contribution in [0, 0.1) is 0 Å². The lowest BCUT2D eigenvalue weighted by Gasteiger charge is -2.32. The van der Waals surface area contributed by atoms with E-state index >= 15 is 0 Å². The summed E-state index contributed by atoms with van der Waals surface area (Å²) in [5.41, 5.74) is 0. The molecule has 0 radical (unpaired) electrons. The highest BCUT2D eigenvalue weighted by Gasteiger charge is 2.32. The van der Waals surface area contributed by atoms with Gasteiger partial charge in [-0.25, -0.2) is 8.42 Å². The molecular weight excluding hydrogens is 348 g/mol. The molecule has 0 unspecified atom stereocenters. The van der Waals surface area contributed by atoms with Gasteiger partial charge in [-0.2, -0.15) is 4.31 Å². The minimum absolute atomic E-state index is 0.157. The van der Waals surface area contributed by atoms with Crippen molar-refractivity contribution in [3.63, 3.8) is 0 Å². The Kier molecular flexibility index (Phi) is 4.61. The maximum absolute atomic E-state index is 13.3. The zero-order valence-corrected chi connectivity index (χ0v) is 15.1. The average molecular weight is 368 g/mol. The van der Waals surface area contributed by atoms with E-state index in [2.05, 4.69) is 4.98 Å². The molecule has 0 aliphatic carbocycles. The number of hydrogen-bond donors (Lipinski definition) is 0. The molecule has 1 atom stereocenters. The predicted molar refractivity (Wildman–Crippen MR) is 101 cm³/mol. The van der Waals surface area contributed by atoms with Crippen molar-refractivity contribution in [3.8, 4) is 5.75 Å². The number of fused-ring (bicyclic) bond motifs is 1. The van der Waals surface area contributed by atoms with Gasteiger partial charge >= 0.3 is 0 Å². The van der Waals surface area contributed by atoms with Gasteiger partial charge in [-0.3, -0.25) is 4.98 Å². The molecule has 1 aliphatic heterocycles. The fourth-order valence-corrected chi connectivity index (χ4v) is 5.11. The number of rotatable bonds is 4. The van der Waals surface area contributed by atoms with E-state index in [1.54, 1.807) is 41.0 Å². The van der Waals surface area contributed by atoms with Crippen molar-refractivity contribution in [1.82, 2.24) is 9.29 Å². The monoisotopic (exact) mass is 368 g/mol. The number of sulfonamides is 1. The van der Waals surface area contributed by atoms with Gasteiger partial charge < -0.3 is 4.74 Å². The van der Waals surface area contributed by atoms with Gasteiger partial charge in [0.15, 0.2) is 0 Å². The van der Waals surface area contributed by atoms with Crippen LogP contribution >= 0.6 is 0 Å². The van der Waals surface area contributed by atoms with Gasteiger partial charge in [0.05, 0.1) is 11.4 Å². The molecule has 4 rings (SSSR count). The van der Waals surface area contributed by atoms with Crippen LogP contribution in [0.3, 0.4) is 0 Å². The molecule has 0 N–H and O–H groups in total. The Bertz CT molecular complexity index is 1000. The second-order valence-electron chi connectivity index (χ2n) is 6.41. The van der Waals surface area contributed by atoms with Crippen molar-refractivity contribution in [1.29, 1.82) is 0 Å². The second-order valence-corrected chi connectivity index (χ2v) is 8.31. The van der Waals surface area contributed by atoms with E-state index in [1.807, 2.05) is 30.3 Å². The van der Waals surface area contributed by atoms with Crippen molar-refractivity contribution in [2.45, 2.75) is 23.8 Å². The Labute approximate surface area is 153 Å². The molecule has 3 aromatic rings. The highest BCUT2D eigenvalue weighted by molar-refractivity contribution is 7.89. The maximum atomic E-state index is 13.3. The van der Waals surface area contributed by atoms with Gasteiger partial charge in [0.25, 0.3) is 0 Å². The van der Waals surface area contributed by atoms with Gasteiger partial charge in [-0.05, 0) is 36.4 Å². The smallest absolute Gasteiger partial charge is 0.243 e. The lowest BCUT2D eigenvalue weighted by molar-refractivity contribution is 0.129. The van der Waals surface area contributed by atoms with Gasteiger partial charge in [-0.15, -0.1) is 0 Å². The third-order valence-corrected chi connectivity index (χ3v) is 6.58. The van der Waals surface area contributed by atoms with E-state index in [9.17, 15) is 8.42 Å². The number of hydrogen-bond acceptors (Lipinski definition) is 4. The summed E-state index contributed by atoms with van der Waals surface area (Å²) in [5, 5.41) is 1.68. The summed E-state index contributed by atoms with van der Waals surface area (Å²) in [4.78, 5) is 4.34. The van der Waals surface area contributed by atoms with E-state index in [0.29, 0.717) is 18.0 Å². The molecule has 5 nitrogen and oxygen atoms in total. The minimum Gasteiger partial charge on any atom is -0.489 e. The largest absolute Gasteiger partial charge is 0.489 e. The number of nitrogens with zero attached hydrogens (tertiary/aromatic N) is 2. The van der Waals surface area contributed by atoms with Crippen LogP contribution in [0.1, 0.15) is 12.8 Å². The first-order chi connectivity index (χ1) is 12.6. The maximum Gasteiger partial charge on any atom is 0.243 e. The van der Waals surface area contributed by atoms with Crippen molar-refractivity contribution >= 4 is 20.8 Å².